The summed E-state index contributed by atoms with van der Waals surface area (Å²) in [6.45, 7) is 3.12. The third-order valence-corrected chi connectivity index (χ3v) is 2.83. The van der Waals surface area contributed by atoms with E-state index in [1.165, 1.54) is 0 Å². The first-order chi connectivity index (χ1) is 8.24. The molecule has 0 saturated heterocycles. The number of benzene rings is 2. The minimum atomic E-state index is -0.0917. The molecular weight excluding hydrogens is 212 g/mol. The summed E-state index contributed by atoms with van der Waals surface area (Å²) in [4.78, 5) is 0. The first kappa shape index (κ1) is 11.9. The standard InChI is InChI=1S/C14H18N2O/c1-2-17-13-6-5-10-7-12(14(16)9-15)4-3-11(10)8-13/h3-8,14H,2,9,15-16H2,1H3. The molecule has 0 aliphatic heterocycles. The molecule has 0 bridgehead atoms. The Hall–Kier alpha value is -1.58. The predicted molar refractivity (Wildman–Crippen MR) is 71.1 cm³/mol. The van der Waals surface area contributed by atoms with Crippen LogP contribution in [0.15, 0.2) is 36.4 Å². The molecule has 0 aliphatic rings. The molecule has 3 nitrogen and oxygen atoms in total. The SMILES string of the molecule is CCOc1ccc2cc(C(N)CN)ccc2c1. The van der Waals surface area contributed by atoms with E-state index in [9.17, 15) is 0 Å². The van der Waals surface area contributed by atoms with Crippen LogP contribution in [0.2, 0.25) is 0 Å². The lowest BCUT2D eigenvalue weighted by Crippen LogP contribution is -2.20. The maximum absolute atomic E-state index is 5.91. The highest BCUT2D eigenvalue weighted by molar-refractivity contribution is 5.84. The van der Waals surface area contributed by atoms with Crippen molar-refractivity contribution in [2.75, 3.05) is 13.2 Å². The topological polar surface area (TPSA) is 61.3 Å². The Kier molecular flexibility index (Phi) is 3.61. The second-order valence-corrected chi connectivity index (χ2v) is 4.04. The highest BCUT2D eigenvalue weighted by Gasteiger charge is 2.04. The Labute approximate surface area is 101 Å². The summed E-state index contributed by atoms with van der Waals surface area (Å²) < 4.78 is 5.47. The zero-order chi connectivity index (χ0) is 12.3. The van der Waals surface area contributed by atoms with Crippen LogP contribution in [0.1, 0.15) is 18.5 Å². The maximum atomic E-state index is 5.91. The van der Waals surface area contributed by atoms with Crippen molar-refractivity contribution in [3.05, 3.63) is 42.0 Å². The molecule has 0 aromatic heterocycles. The van der Waals surface area contributed by atoms with Crippen molar-refractivity contribution in [2.24, 2.45) is 11.5 Å². The molecule has 2 rings (SSSR count). The molecule has 90 valence electrons. The van der Waals surface area contributed by atoms with Gasteiger partial charge in [-0.1, -0.05) is 18.2 Å². The molecule has 0 amide bonds. The molecule has 2 aromatic carbocycles. The smallest absolute Gasteiger partial charge is 0.119 e. The van der Waals surface area contributed by atoms with E-state index in [1.54, 1.807) is 0 Å². The number of fused-ring (bicyclic) bond motifs is 1. The van der Waals surface area contributed by atoms with E-state index in [1.807, 2.05) is 31.2 Å². The molecule has 0 heterocycles. The molecule has 0 radical (unpaired) electrons. The second-order valence-electron chi connectivity index (χ2n) is 4.04. The van der Waals surface area contributed by atoms with Crippen LogP contribution >= 0.6 is 0 Å². The molecule has 2 aromatic rings. The highest BCUT2D eigenvalue weighted by atomic mass is 16.5. The highest BCUT2D eigenvalue weighted by Crippen LogP contribution is 2.23. The van der Waals surface area contributed by atoms with Gasteiger partial charge in [0, 0.05) is 12.6 Å². The van der Waals surface area contributed by atoms with Gasteiger partial charge in [0.25, 0.3) is 0 Å². The molecule has 4 N–H and O–H groups in total. The van der Waals surface area contributed by atoms with Gasteiger partial charge in [-0.3, -0.25) is 0 Å². The van der Waals surface area contributed by atoms with Gasteiger partial charge in [0.15, 0.2) is 0 Å². The molecule has 1 unspecified atom stereocenters. The fourth-order valence-corrected chi connectivity index (χ4v) is 1.87. The van der Waals surface area contributed by atoms with E-state index in [-0.39, 0.29) is 6.04 Å². The first-order valence-electron chi connectivity index (χ1n) is 5.86. The molecule has 0 spiro atoms. The molecule has 0 saturated carbocycles. The van der Waals surface area contributed by atoms with Crippen molar-refractivity contribution in [3.8, 4) is 5.75 Å². The largest absolute Gasteiger partial charge is 0.494 e. The van der Waals surface area contributed by atoms with Crippen molar-refractivity contribution in [2.45, 2.75) is 13.0 Å². The molecule has 3 heteroatoms. The van der Waals surface area contributed by atoms with Crippen LogP contribution in [-0.4, -0.2) is 13.2 Å². The Morgan fingerprint density at radius 2 is 1.82 bits per heavy atom. The Bertz CT molecular complexity index is 511. The van der Waals surface area contributed by atoms with Gasteiger partial charge in [0.2, 0.25) is 0 Å². The normalized spacial score (nSPS) is 12.6. The van der Waals surface area contributed by atoms with Crippen LogP contribution in [0.25, 0.3) is 10.8 Å². The van der Waals surface area contributed by atoms with Gasteiger partial charge in [0.1, 0.15) is 5.75 Å². The van der Waals surface area contributed by atoms with E-state index < -0.39 is 0 Å². The van der Waals surface area contributed by atoms with Crippen LogP contribution in [-0.2, 0) is 0 Å². The number of hydrogen-bond acceptors (Lipinski definition) is 3. The van der Waals surface area contributed by atoms with Crippen molar-refractivity contribution in [1.82, 2.24) is 0 Å². The first-order valence-corrected chi connectivity index (χ1v) is 5.86. The van der Waals surface area contributed by atoms with Gasteiger partial charge in [0.05, 0.1) is 6.61 Å². The average molecular weight is 230 g/mol. The lowest BCUT2D eigenvalue weighted by Gasteiger charge is -2.11. The summed E-state index contributed by atoms with van der Waals surface area (Å²) >= 11 is 0. The lowest BCUT2D eigenvalue weighted by molar-refractivity contribution is 0.341. The second kappa shape index (κ2) is 5.17. The van der Waals surface area contributed by atoms with Gasteiger partial charge >= 0.3 is 0 Å². The minimum Gasteiger partial charge on any atom is -0.494 e. The quantitative estimate of drug-likeness (QED) is 0.846. The third-order valence-electron chi connectivity index (χ3n) is 2.83. The Balaban J connectivity index is 2.39. The summed E-state index contributed by atoms with van der Waals surface area (Å²) in [6.07, 6.45) is 0. The van der Waals surface area contributed by atoms with Crippen LogP contribution in [0.5, 0.6) is 5.75 Å². The van der Waals surface area contributed by atoms with Crippen LogP contribution in [0.4, 0.5) is 0 Å². The van der Waals surface area contributed by atoms with Gasteiger partial charge in [-0.15, -0.1) is 0 Å². The van der Waals surface area contributed by atoms with E-state index in [0.717, 1.165) is 22.1 Å². The Morgan fingerprint density at radius 1 is 1.12 bits per heavy atom. The predicted octanol–water partition coefficient (Wildman–Crippen LogP) is 2.20. The zero-order valence-electron chi connectivity index (χ0n) is 10.0. The van der Waals surface area contributed by atoms with Gasteiger partial charge in [-0.25, -0.2) is 0 Å². The van der Waals surface area contributed by atoms with Crippen molar-refractivity contribution < 1.29 is 4.74 Å². The van der Waals surface area contributed by atoms with Crippen LogP contribution < -0.4 is 16.2 Å². The summed E-state index contributed by atoms with van der Waals surface area (Å²) in [5.41, 5.74) is 12.6. The fourth-order valence-electron chi connectivity index (χ4n) is 1.87. The van der Waals surface area contributed by atoms with Crippen LogP contribution in [0.3, 0.4) is 0 Å². The molecule has 1 atom stereocenters. The van der Waals surface area contributed by atoms with Gasteiger partial charge < -0.3 is 16.2 Å². The van der Waals surface area contributed by atoms with Gasteiger partial charge in [-0.05, 0) is 41.5 Å². The van der Waals surface area contributed by atoms with E-state index >= 15 is 0 Å². The number of rotatable bonds is 4. The Morgan fingerprint density at radius 3 is 2.53 bits per heavy atom. The summed E-state index contributed by atoms with van der Waals surface area (Å²) in [6, 6.07) is 12.1. The van der Waals surface area contributed by atoms with Crippen molar-refractivity contribution in [1.29, 1.82) is 0 Å². The van der Waals surface area contributed by atoms with E-state index in [0.29, 0.717) is 13.2 Å². The number of hydrogen-bond donors (Lipinski definition) is 2. The molecule has 0 fully saturated rings. The van der Waals surface area contributed by atoms with Crippen LogP contribution in [0, 0.1) is 0 Å². The molecular formula is C14H18N2O. The van der Waals surface area contributed by atoms with Crippen molar-refractivity contribution in [3.63, 3.8) is 0 Å². The minimum absolute atomic E-state index is 0.0917. The maximum Gasteiger partial charge on any atom is 0.119 e. The molecule has 0 aliphatic carbocycles. The number of nitrogens with two attached hydrogens (primary N) is 2. The van der Waals surface area contributed by atoms with E-state index in [2.05, 4.69) is 12.1 Å². The molecule has 17 heavy (non-hydrogen) atoms. The number of ether oxygens (including phenoxy) is 1. The van der Waals surface area contributed by atoms with Gasteiger partial charge in [-0.2, -0.15) is 0 Å². The lowest BCUT2D eigenvalue weighted by atomic mass is 10.0. The zero-order valence-corrected chi connectivity index (χ0v) is 10.0. The fraction of sp³-hybridized carbons (Fsp3) is 0.286. The summed E-state index contributed by atoms with van der Waals surface area (Å²) in [5.74, 6) is 0.899. The summed E-state index contributed by atoms with van der Waals surface area (Å²) in [5, 5.41) is 2.32. The average Bonchev–Trinajstić information content (AvgIpc) is 2.37. The van der Waals surface area contributed by atoms with E-state index in [4.69, 9.17) is 16.2 Å². The summed E-state index contributed by atoms with van der Waals surface area (Å²) in [7, 11) is 0. The monoisotopic (exact) mass is 230 g/mol. The third kappa shape index (κ3) is 2.57. The van der Waals surface area contributed by atoms with Crippen molar-refractivity contribution >= 4 is 10.8 Å².